The van der Waals surface area contributed by atoms with E-state index >= 15 is 0 Å². The predicted octanol–water partition coefficient (Wildman–Crippen LogP) is 5.09. The summed E-state index contributed by atoms with van der Waals surface area (Å²) in [4.78, 5) is 12.3. The van der Waals surface area contributed by atoms with Crippen molar-refractivity contribution in [3.05, 3.63) is 50.1 Å². The monoisotopic (exact) mass is 363 g/mol. The molecule has 1 amide bonds. The lowest BCUT2D eigenvalue weighted by Crippen LogP contribution is -2.15. The van der Waals surface area contributed by atoms with E-state index in [0.717, 1.165) is 15.4 Å². The second-order valence-corrected chi connectivity index (χ2v) is 6.43. The molecule has 0 spiro atoms. The minimum absolute atomic E-state index is 0.243. The molecule has 1 heterocycles. The van der Waals surface area contributed by atoms with Gasteiger partial charge in [0, 0.05) is 0 Å². The summed E-state index contributed by atoms with van der Waals surface area (Å²) in [6.07, 6.45) is -4.50. The first-order valence-electron chi connectivity index (χ1n) is 5.52. The molecule has 0 aliphatic rings. The number of aryl methyl sites for hydroxylation is 1. The summed E-state index contributed by atoms with van der Waals surface area (Å²) in [6.45, 7) is 1.81. The fourth-order valence-electron chi connectivity index (χ4n) is 1.59. The zero-order valence-electron chi connectivity index (χ0n) is 10.2. The van der Waals surface area contributed by atoms with Gasteiger partial charge in [-0.1, -0.05) is 12.1 Å². The zero-order valence-corrected chi connectivity index (χ0v) is 12.6. The quantitative estimate of drug-likeness (QED) is 0.790. The number of alkyl halides is 3. The van der Waals surface area contributed by atoms with Crippen LogP contribution in [-0.2, 0) is 6.18 Å². The summed E-state index contributed by atoms with van der Waals surface area (Å²) in [5, 5.41) is 2.30. The highest BCUT2D eigenvalue weighted by Crippen LogP contribution is 2.35. The Morgan fingerprint density at radius 3 is 2.50 bits per heavy atom. The van der Waals surface area contributed by atoms with Crippen LogP contribution in [0.25, 0.3) is 0 Å². The Balaban J connectivity index is 2.29. The van der Waals surface area contributed by atoms with Gasteiger partial charge < -0.3 is 5.32 Å². The summed E-state index contributed by atoms with van der Waals surface area (Å²) in [6, 6.07) is 6.52. The smallest absolute Gasteiger partial charge is 0.321 e. The molecule has 0 unspecified atom stereocenters. The highest BCUT2D eigenvalue weighted by Gasteiger charge is 2.33. The number of amides is 1. The van der Waals surface area contributed by atoms with Gasteiger partial charge in [-0.05, 0) is 46.6 Å². The summed E-state index contributed by atoms with van der Waals surface area (Å²) in [7, 11) is 0. The highest BCUT2D eigenvalue weighted by molar-refractivity contribution is 9.11. The molecule has 0 aliphatic heterocycles. The second kappa shape index (κ2) is 5.57. The van der Waals surface area contributed by atoms with E-state index in [4.69, 9.17) is 0 Å². The maximum absolute atomic E-state index is 12.8. The third-order valence-corrected chi connectivity index (χ3v) is 4.70. The Bertz CT molecular complexity index is 632. The summed E-state index contributed by atoms with van der Waals surface area (Å²) >= 11 is 4.45. The van der Waals surface area contributed by atoms with Gasteiger partial charge in [0.2, 0.25) is 0 Å². The van der Waals surface area contributed by atoms with Gasteiger partial charge in [0.1, 0.15) is 0 Å². The Morgan fingerprint density at radius 2 is 1.95 bits per heavy atom. The molecule has 0 radical (unpaired) electrons. The molecule has 2 rings (SSSR count). The first-order valence-corrected chi connectivity index (χ1v) is 7.13. The number of benzene rings is 1. The van der Waals surface area contributed by atoms with Gasteiger partial charge in [0.15, 0.2) is 0 Å². The minimum Gasteiger partial charge on any atom is -0.321 e. The lowest BCUT2D eigenvalue weighted by molar-refractivity contribution is -0.136. The normalized spacial score (nSPS) is 11.4. The van der Waals surface area contributed by atoms with Crippen molar-refractivity contribution in [3.63, 3.8) is 0 Å². The molecular weight excluding hydrogens is 355 g/mol. The van der Waals surface area contributed by atoms with Crippen molar-refractivity contribution >= 4 is 38.9 Å². The van der Waals surface area contributed by atoms with Crippen LogP contribution in [-0.4, -0.2) is 5.91 Å². The van der Waals surface area contributed by atoms with Gasteiger partial charge in [-0.2, -0.15) is 13.2 Å². The van der Waals surface area contributed by atoms with E-state index in [2.05, 4.69) is 21.2 Å². The van der Waals surface area contributed by atoms with E-state index < -0.39 is 17.6 Å². The molecule has 2 nitrogen and oxygen atoms in total. The predicted molar refractivity (Wildman–Crippen MR) is 76.2 cm³/mol. The molecule has 2 aromatic rings. The SMILES string of the molecule is Cc1cc(C(=O)Nc2ccccc2C(F)(F)F)sc1Br. The van der Waals surface area contributed by atoms with Crippen LogP contribution in [0.2, 0.25) is 0 Å². The molecule has 0 saturated heterocycles. The number of carbonyl (C=O) groups is 1. The number of halogens is 4. The number of rotatable bonds is 2. The van der Waals surface area contributed by atoms with Gasteiger partial charge in [-0.25, -0.2) is 0 Å². The fraction of sp³-hybridized carbons (Fsp3) is 0.154. The molecule has 1 N–H and O–H groups in total. The molecule has 0 atom stereocenters. The van der Waals surface area contributed by atoms with Crippen molar-refractivity contribution < 1.29 is 18.0 Å². The van der Waals surface area contributed by atoms with Crippen LogP contribution in [0.5, 0.6) is 0 Å². The van der Waals surface area contributed by atoms with Crippen molar-refractivity contribution in [2.24, 2.45) is 0 Å². The maximum atomic E-state index is 12.8. The molecule has 1 aromatic heterocycles. The Labute approximate surface area is 125 Å². The van der Waals surface area contributed by atoms with Crippen molar-refractivity contribution in [1.82, 2.24) is 0 Å². The number of hydrogen-bond donors (Lipinski definition) is 1. The third-order valence-electron chi connectivity index (χ3n) is 2.56. The van der Waals surface area contributed by atoms with Crippen LogP contribution in [0, 0.1) is 6.92 Å². The number of nitrogens with one attached hydrogen (secondary N) is 1. The van der Waals surface area contributed by atoms with Gasteiger partial charge in [-0.15, -0.1) is 11.3 Å². The number of para-hydroxylation sites is 1. The number of thiophene rings is 1. The molecule has 0 saturated carbocycles. The number of anilines is 1. The Hall–Kier alpha value is -1.34. The van der Waals surface area contributed by atoms with Gasteiger partial charge >= 0.3 is 6.18 Å². The molecule has 20 heavy (non-hydrogen) atoms. The zero-order chi connectivity index (χ0) is 14.9. The van der Waals surface area contributed by atoms with Crippen molar-refractivity contribution in [1.29, 1.82) is 0 Å². The van der Waals surface area contributed by atoms with Crippen molar-refractivity contribution in [2.75, 3.05) is 5.32 Å². The second-order valence-electron chi connectivity index (χ2n) is 4.06. The Morgan fingerprint density at radius 1 is 1.30 bits per heavy atom. The van der Waals surface area contributed by atoms with Crippen LogP contribution in [0.4, 0.5) is 18.9 Å². The molecule has 0 fully saturated rings. The fourth-order valence-corrected chi connectivity index (χ4v) is 3.03. The molecule has 1 aromatic carbocycles. The standard InChI is InChI=1S/C13H9BrF3NOS/c1-7-6-10(20-11(7)14)12(19)18-9-5-3-2-4-8(9)13(15,16)17/h2-6H,1H3,(H,18,19). The molecule has 0 bridgehead atoms. The van der Waals surface area contributed by atoms with E-state index in [9.17, 15) is 18.0 Å². The average Bonchev–Trinajstić information content (AvgIpc) is 2.69. The van der Waals surface area contributed by atoms with Crippen molar-refractivity contribution in [3.8, 4) is 0 Å². The lowest BCUT2D eigenvalue weighted by Gasteiger charge is -2.12. The van der Waals surface area contributed by atoms with E-state index in [1.54, 1.807) is 13.0 Å². The number of hydrogen-bond acceptors (Lipinski definition) is 2. The maximum Gasteiger partial charge on any atom is 0.418 e. The third kappa shape index (κ3) is 3.21. The molecular formula is C13H9BrF3NOS. The lowest BCUT2D eigenvalue weighted by atomic mass is 10.1. The number of carbonyl (C=O) groups excluding carboxylic acids is 1. The van der Waals surface area contributed by atoms with Gasteiger partial charge in [0.25, 0.3) is 5.91 Å². The summed E-state index contributed by atoms with van der Waals surface area (Å²) in [5.41, 5.74) is -0.239. The highest BCUT2D eigenvalue weighted by atomic mass is 79.9. The van der Waals surface area contributed by atoms with Crippen LogP contribution in [0.15, 0.2) is 34.1 Å². The van der Waals surface area contributed by atoms with Crippen molar-refractivity contribution in [2.45, 2.75) is 13.1 Å². The Kier molecular flexibility index (Phi) is 4.19. The molecule has 7 heteroatoms. The molecule has 106 valence electrons. The topological polar surface area (TPSA) is 29.1 Å². The largest absolute Gasteiger partial charge is 0.418 e. The first-order chi connectivity index (χ1) is 9.29. The summed E-state index contributed by atoms with van der Waals surface area (Å²) in [5.74, 6) is -0.555. The average molecular weight is 364 g/mol. The van der Waals surface area contributed by atoms with E-state index in [0.29, 0.717) is 4.88 Å². The van der Waals surface area contributed by atoms with Crippen LogP contribution < -0.4 is 5.32 Å². The van der Waals surface area contributed by atoms with Gasteiger partial charge in [-0.3, -0.25) is 4.79 Å². The van der Waals surface area contributed by atoms with Crippen LogP contribution in [0.1, 0.15) is 20.8 Å². The van der Waals surface area contributed by atoms with Crippen LogP contribution in [0.3, 0.4) is 0 Å². The van der Waals surface area contributed by atoms with E-state index in [1.165, 1.54) is 29.5 Å². The minimum atomic E-state index is -4.50. The molecule has 0 aliphatic carbocycles. The van der Waals surface area contributed by atoms with E-state index in [1.807, 2.05) is 0 Å². The van der Waals surface area contributed by atoms with Crippen LogP contribution >= 0.6 is 27.3 Å². The van der Waals surface area contributed by atoms with E-state index in [-0.39, 0.29) is 5.69 Å². The van der Waals surface area contributed by atoms with Gasteiger partial charge in [0.05, 0.1) is 19.9 Å². The summed E-state index contributed by atoms with van der Waals surface area (Å²) < 4.78 is 39.2. The first kappa shape index (κ1) is 15.1.